The van der Waals surface area contributed by atoms with Gasteiger partial charge in [-0.3, -0.25) is 0 Å². The van der Waals surface area contributed by atoms with Gasteiger partial charge in [0.25, 0.3) is 0 Å². The van der Waals surface area contributed by atoms with E-state index in [0.717, 1.165) is 0 Å². The number of aromatic nitrogens is 2. The maximum absolute atomic E-state index is 12.2. The topological polar surface area (TPSA) is 29.0 Å². The average Bonchev–Trinajstić information content (AvgIpc) is 1.88. The van der Waals surface area contributed by atoms with Crippen LogP contribution in [0.5, 0.6) is 0 Å². The molecule has 0 saturated carbocycles. The molecule has 0 N–H and O–H groups in total. The van der Waals surface area contributed by atoms with Gasteiger partial charge in [0.1, 0.15) is 0 Å². The van der Waals surface area contributed by atoms with E-state index >= 15 is 0 Å². The first-order valence-electron chi connectivity index (χ1n) is 2.86. The van der Waals surface area contributed by atoms with Crippen molar-refractivity contribution in [2.75, 3.05) is 19.0 Å². The van der Waals surface area contributed by atoms with Crippen LogP contribution in [0.15, 0.2) is 12.1 Å². The fourth-order valence-electron chi connectivity index (χ4n) is 0.547. The Kier molecular flexibility index (Phi) is 1.80. The van der Waals surface area contributed by atoms with Crippen molar-refractivity contribution >= 4 is 5.82 Å². The molecule has 10 heavy (non-hydrogen) atoms. The Hall–Kier alpha value is -1.19. The zero-order chi connectivity index (χ0) is 7.56. The molecule has 1 rings (SSSR count). The van der Waals surface area contributed by atoms with Crippen LogP contribution >= 0.6 is 0 Å². The van der Waals surface area contributed by atoms with Crippen molar-refractivity contribution in [2.45, 2.75) is 0 Å². The molecule has 3 nitrogen and oxygen atoms in total. The predicted molar refractivity (Wildman–Crippen MR) is 36.3 cm³/mol. The molecule has 0 fully saturated rings. The van der Waals surface area contributed by atoms with Crippen LogP contribution in [0.1, 0.15) is 0 Å². The highest BCUT2D eigenvalue weighted by atomic mass is 19.1. The van der Waals surface area contributed by atoms with Gasteiger partial charge in [0, 0.05) is 14.1 Å². The van der Waals surface area contributed by atoms with Crippen LogP contribution in [0.2, 0.25) is 0 Å². The second-order valence-corrected chi connectivity index (χ2v) is 2.11. The second kappa shape index (κ2) is 2.60. The van der Waals surface area contributed by atoms with Crippen molar-refractivity contribution in [3.8, 4) is 0 Å². The van der Waals surface area contributed by atoms with Gasteiger partial charge >= 0.3 is 0 Å². The minimum Gasteiger partial charge on any atom is -0.361 e. The number of halogens is 1. The normalized spacial score (nSPS) is 9.50. The van der Waals surface area contributed by atoms with E-state index in [-0.39, 0.29) is 0 Å². The number of anilines is 1. The summed E-state index contributed by atoms with van der Waals surface area (Å²) in [7, 11) is 3.64. The number of nitrogens with zero attached hydrogens (tertiary/aromatic N) is 3. The third-order valence-electron chi connectivity index (χ3n) is 1.08. The molecule has 0 bridgehead atoms. The Morgan fingerprint density at radius 2 is 2.00 bits per heavy atom. The van der Waals surface area contributed by atoms with Crippen molar-refractivity contribution < 1.29 is 4.39 Å². The SMILES string of the molecule is CN(C)c1ccc(F)nn1. The summed E-state index contributed by atoms with van der Waals surface area (Å²) in [5.74, 6) is 0.104. The Labute approximate surface area is 58.5 Å². The summed E-state index contributed by atoms with van der Waals surface area (Å²) in [4.78, 5) is 1.76. The molecule has 0 aliphatic carbocycles. The van der Waals surface area contributed by atoms with E-state index in [9.17, 15) is 4.39 Å². The fraction of sp³-hybridized carbons (Fsp3) is 0.333. The van der Waals surface area contributed by atoms with Gasteiger partial charge in [0.2, 0.25) is 5.95 Å². The molecular weight excluding hydrogens is 133 g/mol. The molecule has 1 heterocycles. The molecule has 1 aromatic rings. The van der Waals surface area contributed by atoms with Crippen molar-refractivity contribution in [1.82, 2.24) is 10.2 Å². The van der Waals surface area contributed by atoms with Crippen molar-refractivity contribution in [3.05, 3.63) is 18.1 Å². The van der Waals surface area contributed by atoms with Crippen molar-refractivity contribution in [2.24, 2.45) is 0 Å². The first-order chi connectivity index (χ1) is 4.70. The van der Waals surface area contributed by atoms with Crippen LogP contribution in [0.25, 0.3) is 0 Å². The quantitative estimate of drug-likeness (QED) is 0.576. The molecule has 0 aliphatic heterocycles. The highest BCUT2D eigenvalue weighted by molar-refractivity contribution is 5.33. The third kappa shape index (κ3) is 1.40. The first kappa shape index (κ1) is 6.92. The van der Waals surface area contributed by atoms with Crippen LogP contribution in [0.3, 0.4) is 0 Å². The van der Waals surface area contributed by atoms with Gasteiger partial charge in [-0.15, -0.1) is 10.2 Å². The van der Waals surface area contributed by atoms with E-state index in [2.05, 4.69) is 10.2 Å². The molecule has 0 unspecified atom stereocenters. The zero-order valence-corrected chi connectivity index (χ0v) is 5.87. The van der Waals surface area contributed by atoms with E-state index in [1.165, 1.54) is 6.07 Å². The monoisotopic (exact) mass is 141 g/mol. The summed E-state index contributed by atoms with van der Waals surface area (Å²) in [5.41, 5.74) is 0. The van der Waals surface area contributed by atoms with E-state index < -0.39 is 5.95 Å². The average molecular weight is 141 g/mol. The van der Waals surface area contributed by atoms with Gasteiger partial charge in [0.15, 0.2) is 5.82 Å². The molecule has 4 heteroatoms. The number of hydrogen-bond donors (Lipinski definition) is 0. The predicted octanol–water partition coefficient (Wildman–Crippen LogP) is 0.682. The van der Waals surface area contributed by atoms with E-state index in [1.54, 1.807) is 11.0 Å². The summed E-state index contributed by atoms with van der Waals surface area (Å²) in [6, 6.07) is 2.85. The lowest BCUT2D eigenvalue weighted by Crippen LogP contribution is -2.11. The summed E-state index contributed by atoms with van der Waals surface area (Å²) >= 11 is 0. The molecule has 0 radical (unpaired) electrons. The maximum Gasteiger partial charge on any atom is 0.233 e. The summed E-state index contributed by atoms with van der Waals surface area (Å²) in [6.45, 7) is 0. The molecule has 54 valence electrons. The largest absolute Gasteiger partial charge is 0.361 e. The Balaban J connectivity index is 2.89. The number of rotatable bonds is 1. The lowest BCUT2D eigenvalue weighted by atomic mass is 10.5. The smallest absolute Gasteiger partial charge is 0.233 e. The van der Waals surface area contributed by atoms with Crippen LogP contribution in [0, 0.1) is 5.95 Å². The van der Waals surface area contributed by atoms with Crippen molar-refractivity contribution in [1.29, 1.82) is 0 Å². The van der Waals surface area contributed by atoms with E-state index in [0.29, 0.717) is 5.82 Å². The van der Waals surface area contributed by atoms with E-state index in [1.807, 2.05) is 14.1 Å². The Bertz CT molecular complexity index is 207. The molecule has 0 aromatic carbocycles. The van der Waals surface area contributed by atoms with Gasteiger partial charge in [-0.25, -0.2) is 0 Å². The zero-order valence-electron chi connectivity index (χ0n) is 5.87. The van der Waals surface area contributed by atoms with Gasteiger partial charge in [-0.1, -0.05) is 0 Å². The minimum absolute atomic E-state index is 0.550. The van der Waals surface area contributed by atoms with Crippen LogP contribution in [-0.4, -0.2) is 24.3 Å². The van der Waals surface area contributed by atoms with Crippen LogP contribution < -0.4 is 4.90 Å². The molecule has 0 amide bonds. The second-order valence-electron chi connectivity index (χ2n) is 2.11. The van der Waals surface area contributed by atoms with Crippen molar-refractivity contribution in [3.63, 3.8) is 0 Å². The van der Waals surface area contributed by atoms with Gasteiger partial charge in [0.05, 0.1) is 0 Å². The highest BCUT2D eigenvalue weighted by Crippen LogP contribution is 2.02. The first-order valence-corrected chi connectivity index (χ1v) is 2.86. The molecule has 0 aliphatic rings. The summed E-state index contributed by atoms with van der Waals surface area (Å²) in [6.07, 6.45) is 0. The fourth-order valence-corrected chi connectivity index (χ4v) is 0.547. The van der Waals surface area contributed by atoms with Gasteiger partial charge in [-0.05, 0) is 12.1 Å². The third-order valence-corrected chi connectivity index (χ3v) is 1.08. The molecule has 0 atom stereocenters. The number of hydrogen-bond acceptors (Lipinski definition) is 3. The molecule has 0 saturated heterocycles. The Morgan fingerprint density at radius 1 is 1.30 bits per heavy atom. The standard InChI is InChI=1S/C6H8FN3/c1-10(2)6-4-3-5(7)8-9-6/h3-4H,1-2H3. The lowest BCUT2D eigenvalue weighted by Gasteiger charge is -2.08. The summed E-state index contributed by atoms with van der Waals surface area (Å²) < 4.78 is 12.2. The van der Waals surface area contributed by atoms with Gasteiger partial charge < -0.3 is 4.90 Å². The van der Waals surface area contributed by atoms with Crippen LogP contribution in [0.4, 0.5) is 10.2 Å². The molecule has 0 spiro atoms. The van der Waals surface area contributed by atoms with E-state index in [4.69, 9.17) is 0 Å². The van der Waals surface area contributed by atoms with Crippen LogP contribution in [-0.2, 0) is 0 Å². The lowest BCUT2D eigenvalue weighted by molar-refractivity contribution is 0.563. The highest BCUT2D eigenvalue weighted by Gasteiger charge is 1.96. The maximum atomic E-state index is 12.2. The molecular formula is C6H8FN3. The molecule has 1 aromatic heterocycles. The summed E-state index contributed by atoms with van der Waals surface area (Å²) in [5, 5.41) is 6.82. The van der Waals surface area contributed by atoms with Gasteiger partial charge in [-0.2, -0.15) is 4.39 Å². The Morgan fingerprint density at radius 3 is 2.40 bits per heavy atom. The minimum atomic E-state index is -0.550.